The first-order valence-electron chi connectivity index (χ1n) is 8.02. The van der Waals surface area contributed by atoms with E-state index < -0.39 is 0 Å². The third-order valence-corrected chi connectivity index (χ3v) is 4.42. The van der Waals surface area contributed by atoms with E-state index in [9.17, 15) is 4.79 Å². The predicted molar refractivity (Wildman–Crippen MR) is 90.4 cm³/mol. The van der Waals surface area contributed by atoms with Gasteiger partial charge >= 0.3 is 0 Å². The third kappa shape index (κ3) is 2.38. The van der Waals surface area contributed by atoms with Crippen molar-refractivity contribution in [3.8, 4) is 11.5 Å². The molecule has 7 nitrogen and oxygen atoms in total. The standard InChI is InChI=1S/C17H18N6O/c1-11-5-4-8-22(11)17(24)12-9-13(18)16-20-15(21-23(16)10-12)14-6-2-3-7-19-14/h2-3,6-7,9-11H,4-5,8,18H2,1H3. The fraction of sp³-hybridized carbons (Fsp3) is 0.294. The summed E-state index contributed by atoms with van der Waals surface area (Å²) < 4.78 is 1.56. The maximum absolute atomic E-state index is 12.7. The van der Waals surface area contributed by atoms with Crippen molar-refractivity contribution in [3.05, 3.63) is 42.2 Å². The molecule has 0 saturated carbocycles. The highest BCUT2D eigenvalue weighted by atomic mass is 16.2. The number of likely N-dealkylation sites (tertiary alicyclic amines) is 1. The lowest BCUT2D eigenvalue weighted by molar-refractivity contribution is 0.0747. The molecule has 1 aliphatic rings. The number of hydrogen-bond donors (Lipinski definition) is 1. The van der Waals surface area contributed by atoms with Gasteiger partial charge in [0.1, 0.15) is 5.69 Å². The van der Waals surface area contributed by atoms with E-state index in [4.69, 9.17) is 5.73 Å². The molecule has 1 fully saturated rings. The van der Waals surface area contributed by atoms with Crippen LogP contribution in [0.5, 0.6) is 0 Å². The van der Waals surface area contributed by atoms with Crippen LogP contribution in [-0.2, 0) is 0 Å². The van der Waals surface area contributed by atoms with Crippen molar-refractivity contribution < 1.29 is 4.79 Å². The second kappa shape index (κ2) is 5.59. The van der Waals surface area contributed by atoms with E-state index in [0.29, 0.717) is 28.4 Å². The number of anilines is 1. The lowest BCUT2D eigenvalue weighted by atomic mass is 10.2. The van der Waals surface area contributed by atoms with E-state index in [-0.39, 0.29) is 11.9 Å². The monoisotopic (exact) mass is 322 g/mol. The van der Waals surface area contributed by atoms with Crippen molar-refractivity contribution in [1.82, 2.24) is 24.5 Å². The molecule has 0 aromatic carbocycles. The molecule has 1 amide bonds. The predicted octanol–water partition coefficient (Wildman–Crippen LogP) is 2.00. The maximum atomic E-state index is 12.7. The Labute approximate surface area is 139 Å². The van der Waals surface area contributed by atoms with Crippen LogP contribution >= 0.6 is 0 Å². The van der Waals surface area contributed by atoms with Crippen molar-refractivity contribution >= 4 is 17.2 Å². The Bertz CT molecular complexity index is 904. The first-order valence-corrected chi connectivity index (χ1v) is 8.02. The summed E-state index contributed by atoms with van der Waals surface area (Å²) in [7, 11) is 0. The van der Waals surface area contributed by atoms with Crippen LogP contribution in [0.4, 0.5) is 5.69 Å². The zero-order valence-electron chi connectivity index (χ0n) is 13.4. The number of carbonyl (C=O) groups excluding carboxylic acids is 1. The van der Waals surface area contributed by atoms with Crippen LogP contribution < -0.4 is 5.73 Å². The Morgan fingerprint density at radius 3 is 2.96 bits per heavy atom. The Hall–Kier alpha value is -2.96. The maximum Gasteiger partial charge on any atom is 0.255 e. The van der Waals surface area contributed by atoms with Gasteiger partial charge in [0.05, 0.1) is 11.3 Å². The lowest BCUT2D eigenvalue weighted by Gasteiger charge is -2.21. The second-order valence-electron chi connectivity index (χ2n) is 6.09. The molecule has 1 unspecified atom stereocenters. The Morgan fingerprint density at radius 1 is 1.38 bits per heavy atom. The van der Waals surface area contributed by atoms with Gasteiger partial charge in [0.25, 0.3) is 5.91 Å². The number of nitrogen functional groups attached to an aromatic ring is 1. The van der Waals surface area contributed by atoms with Crippen LogP contribution in [0.2, 0.25) is 0 Å². The van der Waals surface area contributed by atoms with Gasteiger partial charge in [-0.2, -0.15) is 0 Å². The van der Waals surface area contributed by atoms with Crippen LogP contribution in [0.25, 0.3) is 17.2 Å². The number of hydrogen-bond acceptors (Lipinski definition) is 5. The molecule has 3 aromatic heterocycles. The Kier molecular flexibility index (Phi) is 3.41. The van der Waals surface area contributed by atoms with Gasteiger partial charge in [-0.15, -0.1) is 5.10 Å². The molecule has 1 saturated heterocycles. The minimum absolute atomic E-state index is 0.0107. The molecule has 24 heavy (non-hydrogen) atoms. The smallest absolute Gasteiger partial charge is 0.255 e. The largest absolute Gasteiger partial charge is 0.396 e. The minimum Gasteiger partial charge on any atom is -0.396 e. The van der Waals surface area contributed by atoms with Gasteiger partial charge in [-0.05, 0) is 38.0 Å². The van der Waals surface area contributed by atoms with Gasteiger partial charge in [0, 0.05) is 25.0 Å². The Balaban J connectivity index is 1.76. The van der Waals surface area contributed by atoms with E-state index in [1.54, 1.807) is 23.0 Å². The second-order valence-corrected chi connectivity index (χ2v) is 6.09. The van der Waals surface area contributed by atoms with Gasteiger partial charge in [-0.1, -0.05) is 6.07 Å². The van der Waals surface area contributed by atoms with E-state index in [0.717, 1.165) is 19.4 Å². The molecular formula is C17H18N6O. The van der Waals surface area contributed by atoms with Crippen molar-refractivity contribution in [1.29, 1.82) is 0 Å². The zero-order chi connectivity index (χ0) is 16.7. The van der Waals surface area contributed by atoms with Crippen molar-refractivity contribution in [2.24, 2.45) is 0 Å². The van der Waals surface area contributed by atoms with Crippen molar-refractivity contribution in [3.63, 3.8) is 0 Å². The number of carbonyl (C=O) groups is 1. The number of nitrogens with two attached hydrogens (primary N) is 1. The average molecular weight is 322 g/mol. The molecule has 0 spiro atoms. The number of amides is 1. The molecule has 0 aliphatic carbocycles. The van der Waals surface area contributed by atoms with Crippen LogP contribution in [0.15, 0.2) is 36.7 Å². The van der Waals surface area contributed by atoms with Crippen LogP contribution in [-0.4, -0.2) is 43.0 Å². The highest BCUT2D eigenvalue weighted by molar-refractivity contribution is 5.96. The Morgan fingerprint density at radius 2 is 2.25 bits per heavy atom. The van der Waals surface area contributed by atoms with Crippen molar-refractivity contribution in [2.75, 3.05) is 12.3 Å². The number of pyridine rings is 2. The normalized spacial score (nSPS) is 17.5. The molecular weight excluding hydrogens is 304 g/mol. The molecule has 3 aromatic rings. The van der Waals surface area contributed by atoms with Crippen LogP contribution in [0.1, 0.15) is 30.1 Å². The van der Waals surface area contributed by atoms with Crippen LogP contribution in [0.3, 0.4) is 0 Å². The molecule has 122 valence electrons. The van der Waals surface area contributed by atoms with Gasteiger partial charge < -0.3 is 10.6 Å². The number of nitrogens with zero attached hydrogens (tertiary/aromatic N) is 5. The molecule has 0 radical (unpaired) electrons. The summed E-state index contributed by atoms with van der Waals surface area (Å²) >= 11 is 0. The summed E-state index contributed by atoms with van der Waals surface area (Å²) in [6.45, 7) is 2.86. The molecule has 4 heterocycles. The lowest BCUT2D eigenvalue weighted by Crippen LogP contribution is -2.33. The van der Waals surface area contributed by atoms with E-state index >= 15 is 0 Å². The number of aromatic nitrogens is 4. The van der Waals surface area contributed by atoms with Gasteiger partial charge in [-0.3, -0.25) is 9.78 Å². The summed E-state index contributed by atoms with van der Waals surface area (Å²) in [4.78, 5) is 23.3. The summed E-state index contributed by atoms with van der Waals surface area (Å²) in [6.07, 6.45) is 5.46. The van der Waals surface area contributed by atoms with E-state index in [1.165, 1.54) is 0 Å². The molecule has 2 N–H and O–H groups in total. The SMILES string of the molecule is CC1CCCN1C(=O)c1cc(N)c2nc(-c3ccccn3)nn2c1. The molecule has 0 bridgehead atoms. The molecule has 4 rings (SSSR count). The summed E-state index contributed by atoms with van der Waals surface area (Å²) in [5.74, 6) is 0.477. The minimum atomic E-state index is -0.0107. The van der Waals surface area contributed by atoms with Crippen LogP contribution in [0, 0.1) is 0 Å². The number of rotatable bonds is 2. The summed E-state index contributed by atoms with van der Waals surface area (Å²) in [5, 5.41) is 4.42. The quantitative estimate of drug-likeness (QED) is 0.779. The van der Waals surface area contributed by atoms with Gasteiger partial charge in [0.15, 0.2) is 5.65 Å². The fourth-order valence-electron chi connectivity index (χ4n) is 3.13. The van der Waals surface area contributed by atoms with E-state index in [1.807, 2.05) is 23.1 Å². The number of fused-ring (bicyclic) bond motifs is 1. The molecule has 1 aliphatic heterocycles. The average Bonchev–Trinajstić information content (AvgIpc) is 3.21. The van der Waals surface area contributed by atoms with E-state index in [2.05, 4.69) is 22.0 Å². The summed E-state index contributed by atoms with van der Waals surface area (Å²) in [6, 6.07) is 7.49. The highest BCUT2D eigenvalue weighted by Crippen LogP contribution is 2.23. The zero-order valence-corrected chi connectivity index (χ0v) is 13.4. The first kappa shape index (κ1) is 14.6. The molecule has 1 atom stereocenters. The van der Waals surface area contributed by atoms with Gasteiger partial charge in [0.2, 0.25) is 5.82 Å². The topological polar surface area (TPSA) is 89.4 Å². The summed E-state index contributed by atoms with van der Waals surface area (Å²) in [5.41, 5.74) is 8.27. The van der Waals surface area contributed by atoms with Gasteiger partial charge in [-0.25, -0.2) is 9.50 Å². The molecule has 7 heteroatoms. The van der Waals surface area contributed by atoms with Crippen molar-refractivity contribution in [2.45, 2.75) is 25.8 Å². The first-order chi connectivity index (χ1) is 11.6. The fourth-order valence-corrected chi connectivity index (χ4v) is 3.13. The highest BCUT2D eigenvalue weighted by Gasteiger charge is 2.27. The third-order valence-electron chi connectivity index (χ3n) is 4.42.